The fraction of sp³-hybridized carbons (Fsp3) is 0.364. The molecule has 1 aliphatic heterocycles. The molecule has 0 radical (unpaired) electrons. The predicted octanol–water partition coefficient (Wildman–Crippen LogP) is 3.02. The van der Waals surface area contributed by atoms with Crippen LogP contribution in [0.3, 0.4) is 0 Å². The summed E-state index contributed by atoms with van der Waals surface area (Å²) in [7, 11) is 0. The Morgan fingerprint density at radius 1 is 1.07 bits per heavy atom. The number of hydrogen-bond acceptors (Lipinski definition) is 3. The highest BCUT2D eigenvalue weighted by molar-refractivity contribution is 5.96. The Kier molecular flexibility index (Phi) is 5.30. The van der Waals surface area contributed by atoms with Crippen LogP contribution in [0.2, 0.25) is 0 Å². The van der Waals surface area contributed by atoms with Crippen molar-refractivity contribution in [1.29, 1.82) is 0 Å². The molecule has 1 heterocycles. The van der Waals surface area contributed by atoms with E-state index in [4.69, 9.17) is 0 Å². The predicted molar refractivity (Wildman–Crippen MR) is 109 cm³/mol. The van der Waals surface area contributed by atoms with Crippen LogP contribution in [0.25, 0.3) is 0 Å². The second kappa shape index (κ2) is 8.02. The van der Waals surface area contributed by atoms with Gasteiger partial charge in [-0.1, -0.05) is 36.4 Å². The molecule has 1 aliphatic carbocycles. The molecule has 2 aromatic carbocycles. The largest absolute Gasteiger partial charge is 0.348 e. The van der Waals surface area contributed by atoms with Crippen LogP contribution in [0.15, 0.2) is 54.6 Å². The maximum Gasteiger partial charge on any atom is 0.319 e. The Morgan fingerprint density at radius 2 is 1.89 bits per heavy atom. The molecule has 6 heteroatoms. The monoisotopic (exact) mass is 378 g/mol. The molecule has 0 aromatic heterocycles. The summed E-state index contributed by atoms with van der Waals surface area (Å²) in [6, 6.07) is 16.7. The van der Waals surface area contributed by atoms with Crippen molar-refractivity contribution < 1.29 is 9.59 Å². The third kappa shape index (κ3) is 4.02. The van der Waals surface area contributed by atoms with E-state index >= 15 is 0 Å². The lowest BCUT2D eigenvalue weighted by Crippen LogP contribution is -2.59. The highest BCUT2D eigenvalue weighted by atomic mass is 16.2. The van der Waals surface area contributed by atoms with Crippen molar-refractivity contribution >= 4 is 17.6 Å². The van der Waals surface area contributed by atoms with Gasteiger partial charge in [0.25, 0.3) is 5.91 Å². The van der Waals surface area contributed by atoms with E-state index in [1.807, 2.05) is 30.3 Å². The lowest BCUT2D eigenvalue weighted by atomic mass is 9.73. The van der Waals surface area contributed by atoms with E-state index in [2.05, 4.69) is 21.3 Å². The van der Waals surface area contributed by atoms with Crippen molar-refractivity contribution in [3.63, 3.8) is 0 Å². The molecule has 2 aliphatic rings. The number of urea groups is 1. The summed E-state index contributed by atoms with van der Waals surface area (Å²) in [4.78, 5) is 24.9. The van der Waals surface area contributed by atoms with E-state index in [0.29, 0.717) is 17.8 Å². The van der Waals surface area contributed by atoms with Gasteiger partial charge in [0, 0.05) is 29.4 Å². The Labute approximate surface area is 165 Å². The summed E-state index contributed by atoms with van der Waals surface area (Å²) < 4.78 is 0. The fourth-order valence-corrected chi connectivity index (χ4v) is 4.10. The summed E-state index contributed by atoms with van der Waals surface area (Å²) in [5.74, 6) is -0.165. The summed E-state index contributed by atoms with van der Waals surface area (Å²) in [6.45, 7) is 1.41. The minimum atomic E-state index is -0.221. The van der Waals surface area contributed by atoms with Crippen LogP contribution in [0, 0.1) is 0 Å². The summed E-state index contributed by atoms with van der Waals surface area (Å²) in [5.41, 5.74) is 2.26. The first-order valence-electron chi connectivity index (χ1n) is 9.89. The van der Waals surface area contributed by atoms with Gasteiger partial charge in [0.2, 0.25) is 0 Å². The van der Waals surface area contributed by atoms with E-state index in [9.17, 15) is 9.59 Å². The number of carbonyl (C=O) groups is 2. The Hall–Kier alpha value is -2.86. The third-order valence-electron chi connectivity index (χ3n) is 5.81. The maximum atomic E-state index is 12.4. The molecule has 28 heavy (non-hydrogen) atoms. The van der Waals surface area contributed by atoms with Crippen LogP contribution in [0.1, 0.15) is 41.6 Å². The van der Waals surface area contributed by atoms with E-state index < -0.39 is 0 Å². The minimum absolute atomic E-state index is 0.0938. The second-order valence-corrected chi connectivity index (χ2v) is 7.63. The van der Waals surface area contributed by atoms with Crippen LogP contribution in [-0.4, -0.2) is 30.1 Å². The molecule has 0 bridgehead atoms. The van der Waals surface area contributed by atoms with Crippen LogP contribution < -0.4 is 21.3 Å². The van der Waals surface area contributed by atoms with E-state index in [1.165, 1.54) is 6.42 Å². The number of amides is 3. The summed E-state index contributed by atoms with van der Waals surface area (Å²) in [5, 5.41) is 12.4. The van der Waals surface area contributed by atoms with Gasteiger partial charge in [-0.25, -0.2) is 4.79 Å². The molecule has 4 rings (SSSR count). The van der Waals surface area contributed by atoms with Gasteiger partial charge >= 0.3 is 6.03 Å². The van der Waals surface area contributed by atoms with Crippen molar-refractivity contribution in [3.05, 3.63) is 65.7 Å². The van der Waals surface area contributed by atoms with Gasteiger partial charge < -0.3 is 21.3 Å². The highest BCUT2D eigenvalue weighted by Gasteiger charge is 2.47. The molecular formula is C22H26N4O2. The molecule has 1 unspecified atom stereocenters. The fourth-order valence-electron chi connectivity index (χ4n) is 4.10. The average molecular weight is 378 g/mol. The van der Waals surface area contributed by atoms with Gasteiger partial charge in [0.05, 0.1) is 0 Å². The molecule has 1 atom stereocenters. The van der Waals surface area contributed by atoms with Crippen molar-refractivity contribution in [1.82, 2.24) is 16.0 Å². The molecule has 1 spiro atoms. The lowest BCUT2D eigenvalue weighted by molar-refractivity contribution is 0.0951. The van der Waals surface area contributed by atoms with E-state index in [0.717, 1.165) is 31.4 Å². The van der Waals surface area contributed by atoms with Crippen molar-refractivity contribution in [2.24, 2.45) is 0 Å². The molecule has 2 aromatic rings. The zero-order valence-corrected chi connectivity index (χ0v) is 15.8. The molecular weight excluding hydrogens is 352 g/mol. The Morgan fingerprint density at radius 3 is 2.64 bits per heavy atom. The first-order chi connectivity index (χ1) is 13.6. The lowest BCUT2D eigenvalue weighted by Gasteiger charge is -2.43. The number of nitrogens with one attached hydrogen (secondary N) is 4. The number of carbonyl (C=O) groups excluding carboxylic acids is 2. The first-order valence-corrected chi connectivity index (χ1v) is 9.89. The normalized spacial score (nSPS) is 19.6. The van der Waals surface area contributed by atoms with Crippen molar-refractivity contribution in [2.75, 3.05) is 11.9 Å². The zero-order valence-electron chi connectivity index (χ0n) is 15.8. The SMILES string of the molecule is O=C(Nc1cccc(C(=O)NCc2ccccc2)c1)NC1CCNC12CCC2. The highest BCUT2D eigenvalue weighted by Crippen LogP contribution is 2.39. The van der Waals surface area contributed by atoms with Gasteiger partial charge in [-0.05, 0) is 56.0 Å². The van der Waals surface area contributed by atoms with Gasteiger partial charge in [-0.15, -0.1) is 0 Å². The van der Waals surface area contributed by atoms with Gasteiger partial charge in [-0.3, -0.25) is 4.79 Å². The van der Waals surface area contributed by atoms with E-state index in [-0.39, 0.29) is 23.5 Å². The zero-order chi connectivity index (χ0) is 19.4. The topological polar surface area (TPSA) is 82.3 Å². The van der Waals surface area contributed by atoms with Gasteiger partial charge in [-0.2, -0.15) is 0 Å². The molecule has 3 amide bonds. The molecule has 2 fully saturated rings. The second-order valence-electron chi connectivity index (χ2n) is 7.63. The maximum absolute atomic E-state index is 12.4. The van der Waals surface area contributed by atoms with Gasteiger partial charge in [0.15, 0.2) is 0 Å². The third-order valence-corrected chi connectivity index (χ3v) is 5.81. The van der Waals surface area contributed by atoms with E-state index in [1.54, 1.807) is 24.3 Å². The van der Waals surface area contributed by atoms with Crippen LogP contribution in [0.5, 0.6) is 0 Å². The molecule has 6 nitrogen and oxygen atoms in total. The quantitative estimate of drug-likeness (QED) is 0.645. The molecule has 1 saturated carbocycles. The van der Waals surface area contributed by atoms with Crippen LogP contribution in [-0.2, 0) is 6.54 Å². The molecule has 146 valence electrons. The number of rotatable bonds is 5. The average Bonchev–Trinajstić information content (AvgIpc) is 3.11. The van der Waals surface area contributed by atoms with Crippen LogP contribution >= 0.6 is 0 Å². The van der Waals surface area contributed by atoms with Crippen LogP contribution in [0.4, 0.5) is 10.5 Å². The Balaban J connectivity index is 1.33. The molecule has 4 N–H and O–H groups in total. The van der Waals surface area contributed by atoms with Crippen molar-refractivity contribution in [2.45, 2.75) is 43.8 Å². The smallest absolute Gasteiger partial charge is 0.319 e. The number of benzene rings is 2. The Bertz CT molecular complexity index is 849. The summed E-state index contributed by atoms with van der Waals surface area (Å²) >= 11 is 0. The standard InChI is InChI=1S/C22H26N4O2/c27-20(23-15-16-6-2-1-3-7-16)17-8-4-9-18(14-17)25-21(28)26-19-10-13-24-22(19)11-5-12-22/h1-4,6-9,14,19,24H,5,10-13,15H2,(H,23,27)(H2,25,26,28). The van der Waals surface area contributed by atoms with Crippen molar-refractivity contribution in [3.8, 4) is 0 Å². The number of anilines is 1. The van der Waals surface area contributed by atoms with Gasteiger partial charge in [0.1, 0.15) is 0 Å². The summed E-state index contributed by atoms with van der Waals surface area (Å²) in [6.07, 6.45) is 4.41. The molecule has 1 saturated heterocycles. The first kappa shape index (κ1) is 18.5. The number of hydrogen-bond donors (Lipinski definition) is 4. The minimum Gasteiger partial charge on any atom is -0.348 e.